The van der Waals surface area contributed by atoms with Gasteiger partial charge in [-0.2, -0.15) is 0 Å². The van der Waals surface area contributed by atoms with Gasteiger partial charge < -0.3 is 4.74 Å². The van der Waals surface area contributed by atoms with E-state index in [1.165, 1.54) is 24.8 Å². The van der Waals surface area contributed by atoms with Crippen molar-refractivity contribution in [3.8, 4) is 0 Å². The molecule has 1 aliphatic carbocycles. The number of ketones is 1. The summed E-state index contributed by atoms with van der Waals surface area (Å²) in [6.45, 7) is 1.93. The Morgan fingerprint density at radius 3 is 2.48 bits per heavy atom. The highest BCUT2D eigenvalue weighted by Crippen LogP contribution is 2.44. The van der Waals surface area contributed by atoms with E-state index < -0.39 is 0 Å². The fraction of sp³-hybridized carbons (Fsp3) is 0.522. The Balaban J connectivity index is 1.62. The zero-order valence-corrected chi connectivity index (χ0v) is 16.0. The van der Waals surface area contributed by atoms with Crippen LogP contribution in [0.4, 0.5) is 0 Å². The molecule has 27 heavy (non-hydrogen) atoms. The Hall–Kier alpha value is -2.07. The van der Waals surface area contributed by atoms with Crippen LogP contribution in [-0.4, -0.2) is 27.5 Å². The number of ether oxygens (including phenoxy) is 1. The van der Waals surface area contributed by atoms with Crippen molar-refractivity contribution in [1.82, 2.24) is 9.97 Å². The average molecular weight is 364 g/mol. The lowest BCUT2D eigenvalue weighted by atomic mass is 9.71. The van der Waals surface area contributed by atoms with Gasteiger partial charge >= 0.3 is 0 Å². The number of hydrogen-bond acceptors (Lipinski definition) is 4. The van der Waals surface area contributed by atoms with Gasteiger partial charge in [0, 0.05) is 24.2 Å². The zero-order valence-electron chi connectivity index (χ0n) is 16.0. The maximum absolute atomic E-state index is 13.0. The molecule has 4 rings (SSSR count). The van der Waals surface area contributed by atoms with Gasteiger partial charge in [-0.3, -0.25) is 4.79 Å². The summed E-state index contributed by atoms with van der Waals surface area (Å²) in [6, 6.07) is 12.2. The van der Waals surface area contributed by atoms with Crippen LogP contribution < -0.4 is 0 Å². The van der Waals surface area contributed by atoms with E-state index in [0.29, 0.717) is 0 Å². The van der Waals surface area contributed by atoms with Gasteiger partial charge in [0.25, 0.3) is 0 Å². The Morgan fingerprint density at radius 2 is 1.78 bits per heavy atom. The smallest absolute Gasteiger partial charge is 0.164 e. The number of nitrogens with zero attached hydrogens (tertiary/aromatic N) is 2. The van der Waals surface area contributed by atoms with Crippen molar-refractivity contribution in [2.24, 2.45) is 5.92 Å². The summed E-state index contributed by atoms with van der Waals surface area (Å²) in [7, 11) is 0. The summed E-state index contributed by atoms with van der Waals surface area (Å²) >= 11 is 0. The van der Waals surface area contributed by atoms with Crippen LogP contribution in [0.1, 0.15) is 69.2 Å². The molecule has 2 aromatic rings. The van der Waals surface area contributed by atoms with E-state index in [1.54, 1.807) is 12.4 Å². The van der Waals surface area contributed by atoms with Crippen LogP contribution in [0.25, 0.3) is 0 Å². The van der Waals surface area contributed by atoms with Crippen molar-refractivity contribution >= 4 is 5.78 Å². The largest absolute Gasteiger partial charge is 0.364 e. The third-order valence-corrected chi connectivity index (χ3v) is 6.23. The minimum absolute atomic E-state index is 0.000798. The Labute approximate surface area is 161 Å². The fourth-order valence-electron chi connectivity index (χ4n) is 4.93. The van der Waals surface area contributed by atoms with Crippen molar-refractivity contribution in [2.45, 2.75) is 69.5 Å². The lowest BCUT2D eigenvalue weighted by molar-refractivity contribution is -0.175. The van der Waals surface area contributed by atoms with Gasteiger partial charge in [-0.15, -0.1) is 0 Å². The molecule has 142 valence electrons. The molecule has 1 spiro atoms. The number of benzene rings is 1. The van der Waals surface area contributed by atoms with Crippen molar-refractivity contribution in [1.29, 1.82) is 0 Å². The van der Waals surface area contributed by atoms with E-state index in [9.17, 15) is 4.79 Å². The van der Waals surface area contributed by atoms with Gasteiger partial charge in [0.05, 0.1) is 5.60 Å². The number of rotatable bonds is 4. The number of carbonyl (C=O) groups excluding carboxylic acids is 1. The van der Waals surface area contributed by atoms with E-state index >= 15 is 0 Å². The first kappa shape index (κ1) is 18.3. The monoisotopic (exact) mass is 364 g/mol. The molecule has 1 aromatic carbocycles. The number of Topliss-reactive ketones (excluding diaryl/α,β-unsaturated/α-hetero) is 1. The van der Waals surface area contributed by atoms with Crippen LogP contribution in [-0.2, 0) is 9.53 Å². The van der Waals surface area contributed by atoms with E-state index in [0.717, 1.165) is 31.5 Å². The third kappa shape index (κ3) is 3.96. The maximum atomic E-state index is 13.0. The number of aromatic nitrogens is 2. The molecule has 1 aliphatic heterocycles. The molecule has 3 unspecified atom stereocenters. The van der Waals surface area contributed by atoms with Crippen LogP contribution >= 0.6 is 0 Å². The molecule has 1 aromatic heterocycles. The fourth-order valence-corrected chi connectivity index (χ4v) is 4.93. The van der Waals surface area contributed by atoms with Crippen molar-refractivity contribution in [3.63, 3.8) is 0 Å². The molecule has 0 N–H and O–H groups in total. The Morgan fingerprint density at radius 1 is 1.07 bits per heavy atom. The second kappa shape index (κ2) is 7.89. The van der Waals surface area contributed by atoms with Gasteiger partial charge in [0.2, 0.25) is 0 Å². The highest BCUT2D eigenvalue weighted by molar-refractivity contribution is 5.86. The molecule has 4 nitrogen and oxygen atoms in total. The SMILES string of the molecule is CC1OC2(CCCCC2)CC(CC(c2ccccc2)c2ncccn2)C1=O. The van der Waals surface area contributed by atoms with E-state index in [1.807, 2.05) is 31.2 Å². The molecule has 2 fully saturated rings. The first-order valence-electron chi connectivity index (χ1n) is 10.2. The summed E-state index contributed by atoms with van der Waals surface area (Å²) in [5.74, 6) is 1.07. The standard InChI is InChI=1S/C23H28N2O2/c1-17-21(26)19(16-23(27-17)11-6-3-7-12-23)15-20(18-9-4-2-5-10-18)22-24-13-8-14-25-22/h2,4-5,8-10,13-14,17,19-20H,3,6-7,11-12,15-16H2,1H3. The summed E-state index contributed by atoms with van der Waals surface area (Å²) < 4.78 is 6.27. The highest BCUT2D eigenvalue weighted by Gasteiger charge is 2.46. The number of carbonyl (C=O) groups is 1. The van der Waals surface area contributed by atoms with Crippen molar-refractivity contribution in [2.75, 3.05) is 0 Å². The molecule has 4 heteroatoms. The maximum Gasteiger partial charge on any atom is 0.164 e. The van der Waals surface area contributed by atoms with Gasteiger partial charge in [-0.05, 0) is 44.2 Å². The minimum Gasteiger partial charge on any atom is -0.364 e. The van der Waals surface area contributed by atoms with E-state index in [4.69, 9.17) is 4.74 Å². The van der Waals surface area contributed by atoms with Crippen molar-refractivity contribution in [3.05, 3.63) is 60.2 Å². The predicted octanol–water partition coefficient (Wildman–Crippen LogP) is 4.70. The van der Waals surface area contributed by atoms with E-state index in [2.05, 4.69) is 22.1 Å². The summed E-state index contributed by atoms with van der Waals surface area (Å²) in [5, 5.41) is 0. The summed E-state index contributed by atoms with van der Waals surface area (Å²) in [5.41, 5.74) is 1.07. The van der Waals surface area contributed by atoms with Gasteiger partial charge in [0.15, 0.2) is 5.78 Å². The van der Waals surface area contributed by atoms with Crippen LogP contribution in [0.2, 0.25) is 0 Å². The quantitative estimate of drug-likeness (QED) is 0.789. The molecule has 3 atom stereocenters. The number of hydrogen-bond donors (Lipinski definition) is 0. The first-order valence-corrected chi connectivity index (χ1v) is 10.2. The highest BCUT2D eigenvalue weighted by atomic mass is 16.5. The lowest BCUT2D eigenvalue weighted by Crippen LogP contribution is -2.50. The lowest BCUT2D eigenvalue weighted by Gasteiger charge is -2.46. The predicted molar refractivity (Wildman–Crippen MR) is 104 cm³/mol. The molecule has 2 heterocycles. The third-order valence-electron chi connectivity index (χ3n) is 6.23. The molecular formula is C23H28N2O2. The molecule has 0 bridgehead atoms. The summed E-state index contributed by atoms with van der Waals surface area (Å²) in [4.78, 5) is 22.0. The van der Waals surface area contributed by atoms with Gasteiger partial charge in [0.1, 0.15) is 11.9 Å². The van der Waals surface area contributed by atoms with Gasteiger partial charge in [-0.1, -0.05) is 49.6 Å². The van der Waals surface area contributed by atoms with Gasteiger partial charge in [-0.25, -0.2) is 9.97 Å². The topological polar surface area (TPSA) is 52.1 Å². The average Bonchev–Trinajstić information content (AvgIpc) is 2.71. The van der Waals surface area contributed by atoms with E-state index in [-0.39, 0.29) is 29.3 Å². The van der Waals surface area contributed by atoms with Crippen LogP contribution in [0.3, 0.4) is 0 Å². The first-order chi connectivity index (χ1) is 13.2. The van der Waals surface area contributed by atoms with Crippen LogP contribution in [0.15, 0.2) is 48.8 Å². The molecule has 0 radical (unpaired) electrons. The second-order valence-electron chi connectivity index (χ2n) is 8.11. The summed E-state index contributed by atoms with van der Waals surface area (Å²) in [6.07, 6.45) is 10.7. The normalized spacial score (nSPS) is 26.0. The second-order valence-corrected chi connectivity index (χ2v) is 8.11. The molecule has 2 aliphatic rings. The Kier molecular flexibility index (Phi) is 5.35. The van der Waals surface area contributed by atoms with Crippen LogP contribution in [0, 0.1) is 5.92 Å². The molecule has 0 amide bonds. The molecule has 1 saturated heterocycles. The Bertz CT molecular complexity index is 717. The molecular weight excluding hydrogens is 336 g/mol. The van der Waals surface area contributed by atoms with Crippen LogP contribution in [0.5, 0.6) is 0 Å². The van der Waals surface area contributed by atoms with Crippen molar-refractivity contribution < 1.29 is 9.53 Å². The molecule has 1 saturated carbocycles. The minimum atomic E-state index is -0.310. The zero-order chi connectivity index (χ0) is 18.7.